The first-order valence-corrected chi connectivity index (χ1v) is 19.4. The molecule has 0 bridgehead atoms. The van der Waals surface area contributed by atoms with Gasteiger partial charge in [0, 0.05) is 44.0 Å². The third-order valence-corrected chi connectivity index (χ3v) is 12.6. The number of nitrogens with zero attached hydrogens (tertiary/aromatic N) is 2. The van der Waals surface area contributed by atoms with Gasteiger partial charge in [0.2, 0.25) is 0 Å². The average Bonchev–Trinajstić information content (AvgIpc) is 3.89. The van der Waals surface area contributed by atoms with Crippen molar-refractivity contribution in [3.8, 4) is 34.0 Å². The lowest BCUT2D eigenvalue weighted by Gasteiger charge is -2.39. The van der Waals surface area contributed by atoms with Crippen LogP contribution in [-0.2, 0) is 5.41 Å². The molecule has 260 valence electrons. The second-order valence-electron chi connectivity index (χ2n) is 15.2. The van der Waals surface area contributed by atoms with Crippen molar-refractivity contribution in [2.45, 2.75) is 5.41 Å². The minimum atomic E-state index is -0.527. The summed E-state index contributed by atoms with van der Waals surface area (Å²) in [7, 11) is 0. The van der Waals surface area contributed by atoms with E-state index in [2.05, 4.69) is 203 Å². The molecule has 0 N–H and O–H groups in total. The van der Waals surface area contributed by atoms with E-state index in [9.17, 15) is 0 Å². The van der Waals surface area contributed by atoms with Crippen LogP contribution in [-0.4, -0.2) is 9.13 Å². The fourth-order valence-electron chi connectivity index (χ4n) is 10.4. The molecule has 13 rings (SSSR count). The summed E-state index contributed by atoms with van der Waals surface area (Å²) in [5.74, 6) is 1.82. The Labute approximate surface area is 322 Å². The summed E-state index contributed by atoms with van der Waals surface area (Å²) in [6.07, 6.45) is 0. The third kappa shape index (κ3) is 3.67. The van der Waals surface area contributed by atoms with Crippen LogP contribution in [0.25, 0.3) is 76.9 Å². The standard InChI is InChI=1S/C53H32N2O/c1-2-14-36-33(13-1)25-30-41-50-48(55(51(36)41)35-28-26-34(27-29-35)54-46-22-10-5-17-39(46)40-18-6-11-23-47(40)54)32-31-45-52(50)56-49-24-12-9-21-44(49)53(45)42-19-7-3-15-37(42)38-16-4-8-20-43(38)53/h1-32H. The first-order chi connectivity index (χ1) is 27.8. The van der Waals surface area contributed by atoms with Gasteiger partial charge in [-0.1, -0.05) is 146 Å². The molecule has 56 heavy (non-hydrogen) atoms. The van der Waals surface area contributed by atoms with Crippen LogP contribution in [0, 0.1) is 0 Å². The smallest absolute Gasteiger partial charge is 0.142 e. The van der Waals surface area contributed by atoms with Gasteiger partial charge in [-0.25, -0.2) is 0 Å². The van der Waals surface area contributed by atoms with Crippen molar-refractivity contribution in [3.63, 3.8) is 0 Å². The van der Waals surface area contributed by atoms with E-state index in [-0.39, 0.29) is 0 Å². The van der Waals surface area contributed by atoms with Crippen molar-refractivity contribution in [2.75, 3.05) is 0 Å². The van der Waals surface area contributed by atoms with Crippen LogP contribution in [0.3, 0.4) is 0 Å². The molecule has 2 aliphatic rings. The molecule has 9 aromatic carbocycles. The summed E-state index contributed by atoms with van der Waals surface area (Å²) in [6, 6.07) is 71.0. The SMILES string of the molecule is c1ccc2c(c1)Oc1c(ccc3c1c1ccc4ccccc4c1n3-c1ccc(-n3c4ccccc4c4ccccc43)cc1)C21c2ccccc2-c2ccccc21. The molecule has 0 saturated heterocycles. The summed E-state index contributed by atoms with van der Waals surface area (Å²) in [5, 5.41) is 7.25. The van der Waals surface area contributed by atoms with Crippen molar-refractivity contribution in [1.82, 2.24) is 9.13 Å². The Morgan fingerprint density at radius 3 is 1.61 bits per heavy atom. The fourth-order valence-corrected chi connectivity index (χ4v) is 10.4. The lowest BCUT2D eigenvalue weighted by molar-refractivity contribution is 0.442. The number of para-hydroxylation sites is 3. The van der Waals surface area contributed by atoms with E-state index in [1.807, 2.05) is 0 Å². The molecule has 11 aromatic rings. The van der Waals surface area contributed by atoms with Gasteiger partial charge in [0.25, 0.3) is 0 Å². The molecule has 0 saturated carbocycles. The quantitative estimate of drug-likeness (QED) is 0.175. The molecule has 1 aliphatic carbocycles. The van der Waals surface area contributed by atoms with Crippen LogP contribution in [0.4, 0.5) is 0 Å². The zero-order valence-electron chi connectivity index (χ0n) is 30.3. The summed E-state index contributed by atoms with van der Waals surface area (Å²) in [4.78, 5) is 0. The predicted molar refractivity (Wildman–Crippen MR) is 230 cm³/mol. The maximum absolute atomic E-state index is 7.21. The Balaban J connectivity index is 1.12. The first-order valence-electron chi connectivity index (χ1n) is 19.4. The van der Waals surface area contributed by atoms with Crippen molar-refractivity contribution in [2.24, 2.45) is 0 Å². The molecular weight excluding hydrogens is 681 g/mol. The van der Waals surface area contributed by atoms with E-state index in [4.69, 9.17) is 4.74 Å². The van der Waals surface area contributed by atoms with E-state index in [1.54, 1.807) is 0 Å². The van der Waals surface area contributed by atoms with Crippen LogP contribution in [0.5, 0.6) is 11.5 Å². The van der Waals surface area contributed by atoms with Crippen molar-refractivity contribution < 1.29 is 4.74 Å². The minimum Gasteiger partial charge on any atom is -0.456 e. The summed E-state index contributed by atoms with van der Waals surface area (Å²) < 4.78 is 12.0. The summed E-state index contributed by atoms with van der Waals surface area (Å²) in [5.41, 5.74) is 13.9. The van der Waals surface area contributed by atoms with E-state index in [0.29, 0.717) is 0 Å². The van der Waals surface area contributed by atoms with Crippen LogP contribution >= 0.6 is 0 Å². The van der Waals surface area contributed by atoms with Gasteiger partial charge in [-0.3, -0.25) is 0 Å². The van der Waals surface area contributed by atoms with Crippen LogP contribution in [0.15, 0.2) is 194 Å². The minimum absolute atomic E-state index is 0.527. The second kappa shape index (κ2) is 10.9. The van der Waals surface area contributed by atoms with Crippen LogP contribution in [0.2, 0.25) is 0 Å². The average molecular weight is 713 g/mol. The van der Waals surface area contributed by atoms with E-state index in [1.165, 1.54) is 76.9 Å². The molecule has 0 amide bonds. The van der Waals surface area contributed by atoms with Crippen molar-refractivity contribution in [1.29, 1.82) is 0 Å². The van der Waals surface area contributed by atoms with Gasteiger partial charge >= 0.3 is 0 Å². The highest BCUT2D eigenvalue weighted by atomic mass is 16.5. The van der Waals surface area contributed by atoms with Gasteiger partial charge in [0.05, 0.1) is 32.9 Å². The number of fused-ring (bicyclic) bond motifs is 18. The monoisotopic (exact) mass is 712 g/mol. The highest BCUT2D eigenvalue weighted by Gasteiger charge is 2.51. The fraction of sp³-hybridized carbons (Fsp3) is 0.0189. The van der Waals surface area contributed by atoms with Gasteiger partial charge in [-0.2, -0.15) is 0 Å². The van der Waals surface area contributed by atoms with Gasteiger partial charge < -0.3 is 13.9 Å². The molecule has 1 aliphatic heterocycles. The number of aromatic nitrogens is 2. The highest BCUT2D eigenvalue weighted by Crippen LogP contribution is 2.63. The predicted octanol–water partition coefficient (Wildman–Crippen LogP) is 13.5. The lowest BCUT2D eigenvalue weighted by Crippen LogP contribution is -2.32. The largest absolute Gasteiger partial charge is 0.456 e. The maximum atomic E-state index is 7.21. The molecule has 1 spiro atoms. The molecule has 3 heterocycles. The molecule has 3 nitrogen and oxygen atoms in total. The van der Waals surface area contributed by atoms with Crippen molar-refractivity contribution >= 4 is 54.4 Å². The molecule has 0 fully saturated rings. The Morgan fingerprint density at radius 1 is 0.357 bits per heavy atom. The van der Waals surface area contributed by atoms with E-state index in [0.717, 1.165) is 33.8 Å². The second-order valence-corrected chi connectivity index (χ2v) is 15.2. The van der Waals surface area contributed by atoms with Crippen molar-refractivity contribution in [3.05, 3.63) is 216 Å². The number of benzene rings is 9. The van der Waals surface area contributed by atoms with Gasteiger partial charge in [0.15, 0.2) is 0 Å². The van der Waals surface area contributed by atoms with Crippen LogP contribution in [0.1, 0.15) is 22.3 Å². The molecule has 2 aromatic heterocycles. The molecular formula is C53H32N2O. The highest BCUT2D eigenvalue weighted by molar-refractivity contribution is 6.21. The van der Waals surface area contributed by atoms with E-state index < -0.39 is 5.41 Å². The summed E-state index contributed by atoms with van der Waals surface area (Å²) >= 11 is 0. The Bertz CT molecular complexity index is 3360. The third-order valence-electron chi connectivity index (χ3n) is 12.6. The number of hydrogen-bond acceptors (Lipinski definition) is 1. The maximum Gasteiger partial charge on any atom is 0.142 e. The van der Waals surface area contributed by atoms with Crippen LogP contribution < -0.4 is 4.74 Å². The normalized spacial score (nSPS) is 13.6. The number of ether oxygens (including phenoxy) is 1. The summed E-state index contributed by atoms with van der Waals surface area (Å²) in [6.45, 7) is 0. The Hall–Kier alpha value is -7.36. The zero-order chi connectivity index (χ0) is 36.5. The molecule has 0 atom stereocenters. The molecule has 0 unspecified atom stereocenters. The van der Waals surface area contributed by atoms with E-state index >= 15 is 0 Å². The van der Waals surface area contributed by atoms with Gasteiger partial charge in [-0.15, -0.1) is 0 Å². The molecule has 3 heteroatoms. The van der Waals surface area contributed by atoms with Gasteiger partial charge in [0.1, 0.15) is 11.5 Å². The Morgan fingerprint density at radius 2 is 0.911 bits per heavy atom. The zero-order valence-corrected chi connectivity index (χ0v) is 30.3. The van der Waals surface area contributed by atoms with Gasteiger partial charge in [-0.05, 0) is 76.2 Å². The number of rotatable bonds is 2. The Kier molecular flexibility index (Phi) is 5.83. The first kappa shape index (κ1) is 30.0. The lowest BCUT2D eigenvalue weighted by atomic mass is 9.66. The number of hydrogen-bond donors (Lipinski definition) is 0. The topological polar surface area (TPSA) is 19.1 Å². The molecule has 0 radical (unpaired) electrons.